The summed E-state index contributed by atoms with van der Waals surface area (Å²) < 4.78 is 0. The fraction of sp³-hybridized carbons (Fsp3) is 0.190. The number of H-pyrrole nitrogens is 1. The van der Waals surface area contributed by atoms with E-state index in [-0.39, 0.29) is 23.8 Å². The van der Waals surface area contributed by atoms with Gasteiger partial charge in [-0.1, -0.05) is 12.1 Å². The zero-order valence-electron chi connectivity index (χ0n) is 16.6. The monoisotopic (exact) mass is 453 g/mol. The zero-order chi connectivity index (χ0) is 21.8. The molecule has 31 heavy (non-hydrogen) atoms. The summed E-state index contributed by atoms with van der Waals surface area (Å²) in [6, 6.07) is 11.0. The second-order valence-electron chi connectivity index (χ2n) is 6.79. The number of carbonyl (C=O) groups excluding carboxylic acids is 2. The lowest BCUT2D eigenvalue weighted by molar-refractivity contribution is -0.119. The van der Waals surface area contributed by atoms with Gasteiger partial charge in [-0.2, -0.15) is 0 Å². The quantitative estimate of drug-likeness (QED) is 0.397. The number of anilines is 1. The van der Waals surface area contributed by atoms with Crippen LogP contribution in [0.3, 0.4) is 0 Å². The average molecular weight is 454 g/mol. The largest absolute Gasteiger partial charge is 0.351 e. The number of nitrogens with zero attached hydrogens (tertiary/aromatic N) is 2. The third-order valence-electron chi connectivity index (χ3n) is 4.43. The molecule has 0 saturated carbocycles. The molecule has 4 rings (SSSR count). The molecule has 0 aliphatic rings. The number of amides is 2. The first kappa shape index (κ1) is 20.9. The van der Waals surface area contributed by atoms with Gasteiger partial charge in [0.2, 0.25) is 11.8 Å². The lowest BCUT2D eigenvalue weighted by atomic mass is 10.2. The number of hydrogen-bond acceptors (Lipinski definition) is 7. The molecule has 4 aromatic rings. The van der Waals surface area contributed by atoms with E-state index in [1.807, 2.05) is 23.6 Å². The number of fused-ring (bicyclic) bond motifs is 1. The van der Waals surface area contributed by atoms with Crippen molar-refractivity contribution in [1.29, 1.82) is 0 Å². The van der Waals surface area contributed by atoms with Gasteiger partial charge in [-0.3, -0.25) is 14.4 Å². The Balaban J connectivity index is 1.35. The van der Waals surface area contributed by atoms with Gasteiger partial charge < -0.3 is 15.6 Å². The number of carbonyl (C=O) groups is 2. The summed E-state index contributed by atoms with van der Waals surface area (Å²) in [7, 11) is 0. The highest BCUT2D eigenvalue weighted by molar-refractivity contribution is 7.17. The molecule has 0 saturated heterocycles. The van der Waals surface area contributed by atoms with Gasteiger partial charge in [-0.15, -0.1) is 22.7 Å². The second-order valence-corrected chi connectivity index (χ2v) is 8.82. The summed E-state index contributed by atoms with van der Waals surface area (Å²) in [4.78, 5) is 49.1. The van der Waals surface area contributed by atoms with Crippen LogP contribution < -0.4 is 16.2 Å². The zero-order valence-corrected chi connectivity index (χ0v) is 18.2. The number of rotatable bonds is 7. The molecule has 10 heteroatoms. The summed E-state index contributed by atoms with van der Waals surface area (Å²) in [5, 5.41) is 8.48. The highest BCUT2D eigenvalue weighted by Gasteiger charge is 2.11. The van der Waals surface area contributed by atoms with Crippen LogP contribution in [0.2, 0.25) is 0 Å². The minimum atomic E-state index is -0.209. The van der Waals surface area contributed by atoms with Crippen molar-refractivity contribution < 1.29 is 9.59 Å². The van der Waals surface area contributed by atoms with Crippen molar-refractivity contribution in [3.05, 3.63) is 62.8 Å². The van der Waals surface area contributed by atoms with E-state index in [2.05, 4.69) is 25.6 Å². The molecule has 3 aromatic heterocycles. The number of thiophene rings is 1. The summed E-state index contributed by atoms with van der Waals surface area (Å²) in [5.74, 6) is 0.203. The molecule has 3 N–H and O–H groups in total. The first-order valence-corrected chi connectivity index (χ1v) is 11.2. The van der Waals surface area contributed by atoms with E-state index in [9.17, 15) is 14.4 Å². The van der Waals surface area contributed by atoms with Crippen LogP contribution in [0.5, 0.6) is 0 Å². The Morgan fingerprint density at radius 2 is 1.97 bits per heavy atom. The van der Waals surface area contributed by atoms with Crippen LogP contribution in [0.25, 0.3) is 21.5 Å². The van der Waals surface area contributed by atoms with E-state index in [1.165, 1.54) is 18.3 Å². The topological polar surface area (TPSA) is 117 Å². The molecular weight excluding hydrogens is 434 g/mol. The van der Waals surface area contributed by atoms with E-state index < -0.39 is 0 Å². The van der Waals surface area contributed by atoms with Gasteiger partial charge in [-0.05, 0) is 24.3 Å². The van der Waals surface area contributed by atoms with E-state index in [1.54, 1.807) is 29.5 Å². The number of benzene rings is 1. The molecule has 0 radical (unpaired) electrons. The highest BCUT2D eigenvalue weighted by atomic mass is 32.1. The normalized spacial score (nSPS) is 10.9. The first-order valence-electron chi connectivity index (χ1n) is 9.55. The molecule has 8 nitrogen and oxygen atoms in total. The standard InChI is InChI=1S/C21H19N5O3S2/c1-12(27)22-10-13-6-7-17(31-13)16-11-30-21(24-16)26-19(28)9-8-18-23-15-5-3-2-4-14(15)20(29)25-18/h2-7,11H,8-10H2,1H3,(H,22,27)(H,23,25,29)(H,24,26,28). The number of aromatic nitrogens is 3. The van der Waals surface area contributed by atoms with Gasteiger partial charge in [-0.25, -0.2) is 9.97 Å². The maximum absolute atomic E-state index is 12.3. The maximum Gasteiger partial charge on any atom is 0.258 e. The smallest absolute Gasteiger partial charge is 0.258 e. The van der Waals surface area contributed by atoms with Crippen molar-refractivity contribution >= 4 is 50.5 Å². The van der Waals surface area contributed by atoms with Gasteiger partial charge >= 0.3 is 0 Å². The predicted molar refractivity (Wildman–Crippen MR) is 122 cm³/mol. The summed E-state index contributed by atoms with van der Waals surface area (Å²) >= 11 is 2.89. The third-order valence-corrected chi connectivity index (χ3v) is 6.29. The third kappa shape index (κ3) is 5.22. The number of para-hydroxylation sites is 1. The Bertz CT molecular complexity index is 1310. The Morgan fingerprint density at radius 3 is 2.81 bits per heavy atom. The summed E-state index contributed by atoms with van der Waals surface area (Å²) in [6.45, 7) is 1.97. The Morgan fingerprint density at radius 1 is 1.13 bits per heavy atom. The Labute approximate surface area is 185 Å². The van der Waals surface area contributed by atoms with Crippen LogP contribution in [0, 0.1) is 0 Å². The van der Waals surface area contributed by atoms with Crippen molar-refractivity contribution in [2.24, 2.45) is 0 Å². The number of aromatic amines is 1. The molecule has 0 unspecified atom stereocenters. The van der Waals surface area contributed by atoms with Gasteiger partial charge in [0.05, 0.1) is 28.0 Å². The molecule has 0 aliphatic heterocycles. The maximum atomic E-state index is 12.3. The fourth-order valence-corrected chi connectivity index (χ4v) is 4.64. The van der Waals surface area contributed by atoms with E-state index >= 15 is 0 Å². The first-order chi connectivity index (χ1) is 15.0. The lowest BCUT2D eigenvalue weighted by Crippen LogP contribution is -2.17. The average Bonchev–Trinajstić information content (AvgIpc) is 3.40. The molecule has 0 atom stereocenters. The SMILES string of the molecule is CC(=O)NCc1ccc(-c2csc(NC(=O)CCc3nc4ccccc4c(=O)[nH]3)n2)s1. The van der Waals surface area contributed by atoms with E-state index in [4.69, 9.17) is 0 Å². The number of nitrogens with one attached hydrogen (secondary N) is 3. The Hall–Kier alpha value is -3.37. The molecule has 0 bridgehead atoms. The number of thiazole rings is 1. The Kier molecular flexibility index (Phi) is 6.19. The molecule has 2 amide bonds. The molecule has 0 aliphatic carbocycles. The van der Waals surface area contributed by atoms with Crippen LogP contribution in [-0.4, -0.2) is 26.8 Å². The van der Waals surface area contributed by atoms with Crippen LogP contribution in [0.4, 0.5) is 5.13 Å². The highest BCUT2D eigenvalue weighted by Crippen LogP contribution is 2.30. The van der Waals surface area contributed by atoms with Crippen molar-refractivity contribution in [3.63, 3.8) is 0 Å². The minimum absolute atomic E-state index is 0.0726. The van der Waals surface area contributed by atoms with Gasteiger partial charge in [0, 0.05) is 30.0 Å². The van der Waals surface area contributed by atoms with Crippen LogP contribution >= 0.6 is 22.7 Å². The fourth-order valence-electron chi connectivity index (χ4n) is 2.93. The van der Waals surface area contributed by atoms with Crippen LogP contribution in [0.15, 0.2) is 46.6 Å². The van der Waals surface area contributed by atoms with E-state index in [0.717, 1.165) is 15.4 Å². The number of hydrogen-bond donors (Lipinski definition) is 3. The molecule has 1 aromatic carbocycles. The van der Waals surface area contributed by atoms with E-state index in [0.29, 0.717) is 34.8 Å². The van der Waals surface area contributed by atoms with Crippen molar-refractivity contribution in [3.8, 4) is 10.6 Å². The molecule has 0 fully saturated rings. The van der Waals surface area contributed by atoms with Gasteiger partial charge in [0.25, 0.3) is 5.56 Å². The van der Waals surface area contributed by atoms with Gasteiger partial charge in [0.15, 0.2) is 5.13 Å². The van der Waals surface area contributed by atoms with Crippen molar-refractivity contribution in [2.75, 3.05) is 5.32 Å². The van der Waals surface area contributed by atoms with Crippen LogP contribution in [-0.2, 0) is 22.6 Å². The number of aryl methyl sites for hydroxylation is 1. The molecule has 3 heterocycles. The van der Waals surface area contributed by atoms with Crippen molar-refractivity contribution in [1.82, 2.24) is 20.3 Å². The summed E-state index contributed by atoms with van der Waals surface area (Å²) in [6.07, 6.45) is 0.498. The summed E-state index contributed by atoms with van der Waals surface area (Å²) in [5.41, 5.74) is 1.18. The van der Waals surface area contributed by atoms with Gasteiger partial charge in [0.1, 0.15) is 5.82 Å². The predicted octanol–water partition coefficient (Wildman–Crippen LogP) is 3.32. The lowest BCUT2D eigenvalue weighted by Gasteiger charge is -2.03. The van der Waals surface area contributed by atoms with Crippen LogP contribution in [0.1, 0.15) is 24.0 Å². The second kappa shape index (κ2) is 9.19. The molecule has 158 valence electrons. The van der Waals surface area contributed by atoms with Crippen molar-refractivity contribution in [2.45, 2.75) is 26.3 Å². The molecule has 0 spiro atoms. The minimum Gasteiger partial charge on any atom is -0.351 e. The molecular formula is C21H19N5O3S2.